The zero-order valence-corrected chi connectivity index (χ0v) is 10.0. The van der Waals surface area contributed by atoms with E-state index in [0.717, 1.165) is 13.0 Å². The van der Waals surface area contributed by atoms with Crippen molar-refractivity contribution in [2.75, 3.05) is 6.54 Å². The van der Waals surface area contributed by atoms with Crippen molar-refractivity contribution in [2.24, 2.45) is 4.99 Å². The van der Waals surface area contributed by atoms with E-state index in [2.05, 4.69) is 16.6 Å². The van der Waals surface area contributed by atoms with Gasteiger partial charge in [0.25, 0.3) is 0 Å². The minimum atomic E-state index is -3.02. The summed E-state index contributed by atoms with van der Waals surface area (Å²) in [4.78, 5) is 4.16. The fourth-order valence-electron chi connectivity index (χ4n) is 1.08. The van der Waals surface area contributed by atoms with E-state index in [-0.39, 0.29) is 0 Å². The number of nitrogens with zero attached hydrogens (tertiary/aromatic N) is 1. The van der Waals surface area contributed by atoms with Crippen LogP contribution in [-0.2, 0) is 9.99 Å². The molecule has 0 aromatic carbocycles. The van der Waals surface area contributed by atoms with E-state index < -0.39 is 9.99 Å². The summed E-state index contributed by atoms with van der Waals surface area (Å²) < 4.78 is 23.4. The summed E-state index contributed by atoms with van der Waals surface area (Å²) in [6.07, 6.45) is 1.60. The second-order valence-corrected chi connectivity index (χ2v) is 6.00. The molecular weight excluding hydrogens is 220 g/mol. The minimum absolute atomic E-state index is 0.453. The summed E-state index contributed by atoms with van der Waals surface area (Å²) >= 11 is 1.54. The number of aliphatic imine (C=N–C) groups is 1. The van der Waals surface area contributed by atoms with Gasteiger partial charge in [-0.2, -0.15) is 0 Å². The summed E-state index contributed by atoms with van der Waals surface area (Å²) in [7, 11) is -3.02. The molecule has 1 aliphatic rings. The van der Waals surface area contributed by atoms with Gasteiger partial charge in [0.15, 0.2) is 15.2 Å². The molecule has 2 N–H and O–H groups in total. The fourth-order valence-corrected chi connectivity index (χ4v) is 3.26. The summed E-state index contributed by atoms with van der Waals surface area (Å²) in [5.74, 6) is 0. The van der Waals surface area contributed by atoms with Gasteiger partial charge in [-0.25, -0.2) is 4.21 Å². The van der Waals surface area contributed by atoms with E-state index >= 15 is 0 Å². The lowest BCUT2D eigenvalue weighted by atomic mass is 10.3. The van der Waals surface area contributed by atoms with E-state index in [9.17, 15) is 8.76 Å². The molecule has 1 aliphatic heterocycles. The molecular formula is C8H16N2O2S2. The van der Waals surface area contributed by atoms with Crippen LogP contribution in [0.15, 0.2) is 4.99 Å². The average Bonchev–Trinajstić information content (AvgIpc) is 2.51. The van der Waals surface area contributed by atoms with Gasteiger partial charge in [-0.1, -0.05) is 25.6 Å². The average molecular weight is 236 g/mol. The van der Waals surface area contributed by atoms with Gasteiger partial charge in [-0.3, -0.25) is 14.3 Å². The monoisotopic (exact) mass is 236 g/mol. The van der Waals surface area contributed by atoms with E-state index in [4.69, 9.17) is 0 Å². The molecule has 0 radical (unpaired) electrons. The molecule has 0 aliphatic carbocycles. The maximum Gasteiger partial charge on any atom is 0.170 e. The van der Waals surface area contributed by atoms with Gasteiger partial charge in [0.1, 0.15) is 0 Å². The minimum Gasteiger partial charge on any atom is -0.298 e. The summed E-state index contributed by atoms with van der Waals surface area (Å²) in [5.41, 5.74) is 0. The van der Waals surface area contributed by atoms with Crippen LogP contribution in [0.1, 0.15) is 26.7 Å². The second-order valence-electron chi connectivity index (χ2n) is 3.04. The first-order chi connectivity index (χ1) is 6.57. The molecule has 0 aromatic heterocycles. The van der Waals surface area contributed by atoms with Crippen molar-refractivity contribution in [3.63, 3.8) is 0 Å². The number of hydrogen-bond acceptors (Lipinski definition) is 3. The normalized spacial score (nSPS) is 25.4. The Balaban J connectivity index is 2.55. The highest BCUT2D eigenvalue weighted by molar-refractivity contribution is 8.15. The van der Waals surface area contributed by atoms with Crippen LogP contribution >= 0.6 is 11.8 Å². The summed E-state index contributed by atoms with van der Waals surface area (Å²) in [6, 6.07) is 0. The Morgan fingerprint density at radius 2 is 2.50 bits per heavy atom. The van der Waals surface area contributed by atoms with Gasteiger partial charge in [0.2, 0.25) is 0 Å². The number of rotatable bonds is 3. The third-order valence-corrected chi connectivity index (χ3v) is 4.47. The zero-order valence-electron chi connectivity index (χ0n) is 8.40. The lowest BCUT2D eigenvalue weighted by molar-refractivity contribution is 0.555. The van der Waals surface area contributed by atoms with Crippen LogP contribution in [0.2, 0.25) is 0 Å². The molecule has 0 amide bonds. The smallest absolute Gasteiger partial charge is 0.170 e. The Morgan fingerprint density at radius 3 is 3.00 bits per heavy atom. The van der Waals surface area contributed by atoms with E-state index in [1.807, 2.05) is 6.92 Å². The largest absolute Gasteiger partial charge is 0.298 e. The molecule has 0 bridgehead atoms. The van der Waals surface area contributed by atoms with Gasteiger partial charge in [0, 0.05) is 10.6 Å². The molecule has 14 heavy (non-hydrogen) atoms. The van der Waals surface area contributed by atoms with Crippen LogP contribution in [0, 0.1) is 0 Å². The van der Waals surface area contributed by atoms with Gasteiger partial charge in [-0.15, -0.1) is 0 Å². The van der Waals surface area contributed by atoms with Crippen molar-refractivity contribution < 1.29 is 8.76 Å². The maximum atomic E-state index is 11.4. The van der Waals surface area contributed by atoms with Crippen molar-refractivity contribution in [3.8, 4) is 0 Å². The first kappa shape index (κ1) is 11.9. The zero-order chi connectivity index (χ0) is 10.6. The maximum absolute atomic E-state index is 11.4. The SMILES string of the molecule is CCC=S(=O)(O)NC1=NCC(CC)S1. The van der Waals surface area contributed by atoms with Crippen LogP contribution in [0.5, 0.6) is 0 Å². The first-order valence-electron chi connectivity index (χ1n) is 4.66. The topological polar surface area (TPSA) is 61.7 Å². The van der Waals surface area contributed by atoms with Crippen LogP contribution in [0.4, 0.5) is 0 Å². The van der Waals surface area contributed by atoms with E-state index in [1.54, 1.807) is 11.8 Å². The lowest BCUT2D eigenvalue weighted by Gasteiger charge is -2.07. The number of thioether (sulfide) groups is 1. The molecule has 0 saturated heterocycles. The molecule has 1 rings (SSSR count). The van der Waals surface area contributed by atoms with Crippen LogP contribution in [0.3, 0.4) is 0 Å². The predicted molar refractivity (Wildman–Crippen MR) is 64.2 cm³/mol. The number of amidine groups is 1. The molecule has 1 heterocycles. The molecule has 2 unspecified atom stereocenters. The summed E-state index contributed by atoms with van der Waals surface area (Å²) in [6.45, 7) is 4.66. The second kappa shape index (κ2) is 5.04. The van der Waals surface area contributed by atoms with Crippen molar-refractivity contribution in [2.45, 2.75) is 31.9 Å². The predicted octanol–water partition coefficient (Wildman–Crippen LogP) is 1.34. The highest BCUT2D eigenvalue weighted by atomic mass is 32.2. The quantitative estimate of drug-likeness (QED) is 0.727. The molecule has 6 heteroatoms. The van der Waals surface area contributed by atoms with Gasteiger partial charge < -0.3 is 0 Å². The standard InChI is InChI=1S/C8H16N2O2S2/c1-3-5-14(11,12)10-8-9-6-7(4-2)13-8/h5,7H,3-4,6H2,1-2H3,(H2,9,10,11,12). The molecule has 0 aromatic rings. The van der Waals surface area contributed by atoms with Gasteiger partial charge in [-0.05, 0) is 12.8 Å². The first-order valence-corrected chi connectivity index (χ1v) is 7.12. The Labute approximate surface area is 89.5 Å². The fraction of sp³-hybridized carbons (Fsp3) is 0.750. The molecule has 82 valence electrons. The molecule has 0 fully saturated rings. The van der Waals surface area contributed by atoms with Crippen molar-refractivity contribution in [1.82, 2.24) is 4.72 Å². The van der Waals surface area contributed by atoms with Crippen molar-refractivity contribution in [3.05, 3.63) is 0 Å². The van der Waals surface area contributed by atoms with Crippen LogP contribution in [-0.4, -0.2) is 31.1 Å². The lowest BCUT2D eigenvalue weighted by Crippen LogP contribution is -2.28. The Hall–Kier alpha value is -0.200. The third kappa shape index (κ3) is 3.51. The highest BCUT2D eigenvalue weighted by Crippen LogP contribution is 2.22. The third-order valence-electron chi connectivity index (χ3n) is 1.80. The molecule has 0 saturated carbocycles. The van der Waals surface area contributed by atoms with Crippen LogP contribution < -0.4 is 4.72 Å². The van der Waals surface area contributed by atoms with E-state index in [0.29, 0.717) is 16.8 Å². The number of hydrogen-bond donors (Lipinski definition) is 2. The molecule has 4 nitrogen and oxygen atoms in total. The Morgan fingerprint density at radius 1 is 1.79 bits per heavy atom. The van der Waals surface area contributed by atoms with Gasteiger partial charge in [0.05, 0.1) is 6.54 Å². The highest BCUT2D eigenvalue weighted by Gasteiger charge is 2.19. The van der Waals surface area contributed by atoms with Crippen molar-refractivity contribution in [1.29, 1.82) is 0 Å². The molecule has 2 atom stereocenters. The van der Waals surface area contributed by atoms with Gasteiger partial charge >= 0.3 is 0 Å². The summed E-state index contributed by atoms with van der Waals surface area (Å²) in [5, 5.41) is 2.42. The van der Waals surface area contributed by atoms with E-state index in [1.165, 1.54) is 5.37 Å². The van der Waals surface area contributed by atoms with Crippen molar-refractivity contribution >= 4 is 32.3 Å². The van der Waals surface area contributed by atoms with Crippen LogP contribution in [0.25, 0.3) is 0 Å². The Bertz CT molecular complexity index is 332. The Kier molecular flexibility index (Phi) is 4.28. The molecule has 0 spiro atoms. The number of nitrogens with one attached hydrogen (secondary N) is 1.